The maximum atomic E-state index is 12.6. The number of rotatable bonds is 4. The maximum Gasteiger partial charge on any atom is 0.251 e. The van der Waals surface area contributed by atoms with Gasteiger partial charge in [-0.05, 0) is 35.7 Å². The Kier molecular flexibility index (Phi) is 4.08. The van der Waals surface area contributed by atoms with Gasteiger partial charge in [0.05, 0.1) is 18.8 Å². The lowest BCUT2D eigenvalue weighted by molar-refractivity contribution is -0.117. The van der Waals surface area contributed by atoms with E-state index in [4.69, 9.17) is 4.74 Å². The van der Waals surface area contributed by atoms with Gasteiger partial charge in [-0.25, -0.2) is 0 Å². The summed E-state index contributed by atoms with van der Waals surface area (Å²) in [6, 6.07) is 14.6. The molecule has 2 aromatic carbocycles. The van der Waals surface area contributed by atoms with Crippen LogP contribution in [0.1, 0.15) is 16.8 Å². The first kappa shape index (κ1) is 16.2. The zero-order valence-electron chi connectivity index (χ0n) is 14.4. The number of methoxy groups -OCH3 is 1. The SMILES string of the molecule is COc1ccccc1N1CC(NC(=O)c2ccc3cc[nH]c3c2)CC1=O. The molecule has 0 radical (unpaired) electrons. The van der Waals surface area contributed by atoms with Gasteiger partial charge in [0.25, 0.3) is 5.91 Å². The van der Waals surface area contributed by atoms with Crippen LogP contribution in [0.25, 0.3) is 10.9 Å². The molecule has 1 saturated heterocycles. The first-order chi connectivity index (χ1) is 12.7. The molecule has 1 atom stereocenters. The molecule has 1 fully saturated rings. The molecule has 1 unspecified atom stereocenters. The Balaban J connectivity index is 1.49. The lowest BCUT2D eigenvalue weighted by Gasteiger charge is -2.19. The summed E-state index contributed by atoms with van der Waals surface area (Å²) in [5.74, 6) is 0.436. The van der Waals surface area contributed by atoms with Crippen molar-refractivity contribution in [3.63, 3.8) is 0 Å². The number of para-hydroxylation sites is 2. The molecule has 2 amide bonds. The zero-order valence-corrected chi connectivity index (χ0v) is 14.4. The third kappa shape index (κ3) is 2.90. The van der Waals surface area contributed by atoms with Crippen molar-refractivity contribution in [1.29, 1.82) is 0 Å². The molecule has 0 aliphatic carbocycles. The number of anilines is 1. The number of fused-ring (bicyclic) bond motifs is 1. The van der Waals surface area contributed by atoms with Gasteiger partial charge in [0.2, 0.25) is 5.91 Å². The summed E-state index contributed by atoms with van der Waals surface area (Å²) >= 11 is 0. The number of hydrogen-bond donors (Lipinski definition) is 2. The summed E-state index contributed by atoms with van der Waals surface area (Å²) in [5.41, 5.74) is 2.21. The normalized spacial score (nSPS) is 16.9. The largest absolute Gasteiger partial charge is 0.495 e. The summed E-state index contributed by atoms with van der Waals surface area (Å²) in [6.07, 6.45) is 2.11. The van der Waals surface area contributed by atoms with Crippen molar-refractivity contribution in [3.8, 4) is 5.75 Å². The fourth-order valence-corrected chi connectivity index (χ4v) is 3.35. The minimum atomic E-state index is -0.237. The summed E-state index contributed by atoms with van der Waals surface area (Å²) in [7, 11) is 1.58. The highest BCUT2D eigenvalue weighted by molar-refractivity contribution is 6.01. The van der Waals surface area contributed by atoms with E-state index in [0.717, 1.165) is 16.6 Å². The summed E-state index contributed by atoms with van der Waals surface area (Å²) in [5, 5.41) is 4.02. The Hall–Kier alpha value is -3.28. The van der Waals surface area contributed by atoms with Gasteiger partial charge < -0.3 is 19.9 Å². The highest BCUT2D eigenvalue weighted by atomic mass is 16.5. The maximum absolute atomic E-state index is 12.6. The van der Waals surface area contributed by atoms with E-state index >= 15 is 0 Å². The van der Waals surface area contributed by atoms with Crippen LogP contribution in [-0.2, 0) is 4.79 Å². The molecule has 0 saturated carbocycles. The van der Waals surface area contributed by atoms with E-state index in [1.165, 1.54) is 0 Å². The van der Waals surface area contributed by atoms with E-state index in [9.17, 15) is 9.59 Å². The molecule has 1 aromatic heterocycles. The number of benzene rings is 2. The third-order valence-corrected chi connectivity index (χ3v) is 4.65. The summed E-state index contributed by atoms with van der Waals surface area (Å²) in [6.45, 7) is 0.426. The highest BCUT2D eigenvalue weighted by Gasteiger charge is 2.33. The van der Waals surface area contributed by atoms with Crippen LogP contribution in [0.2, 0.25) is 0 Å². The summed E-state index contributed by atoms with van der Waals surface area (Å²) < 4.78 is 5.34. The molecule has 2 heterocycles. The molecule has 4 rings (SSSR count). The fourth-order valence-electron chi connectivity index (χ4n) is 3.35. The molecule has 0 bridgehead atoms. The van der Waals surface area contributed by atoms with Gasteiger partial charge >= 0.3 is 0 Å². The third-order valence-electron chi connectivity index (χ3n) is 4.65. The average Bonchev–Trinajstić information content (AvgIpc) is 3.27. The predicted molar refractivity (Wildman–Crippen MR) is 99.5 cm³/mol. The number of hydrogen-bond acceptors (Lipinski definition) is 3. The van der Waals surface area contributed by atoms with Crippen molar-refractivity contribution in [2.45, 2.75) is 12.5 Å². The van der Waals surface area contributed by atoms with E-state index in [1.807, 2.05) is 48.7 Å². The average molecular weight is 349 g/mol. The fraction of sp³-hybridized carbons (Fsp3) is 0.200. The second-order valence-electron chi connectivity index (χ2n) is 6.33. The van der Waals surface area contributed by atoms with Crippen molar-refractivity contribution < 1.29 is 14.3 Å². The van der Waals surface area contributed by atoms with Gasteiger partial charge in [-0.3, -0.25) is 9.59 Å². The van der Waals surface area contributed by atoms with Gasteiger partial charge in [0, 0.05) is 30.2 Å². The molecule has 1 aliphatic heterocycles. The Bertz CT molecular complexity index is 979. The van der Waals surface area contributed by atoms with Crippen LogP contribution in [0.15, 0.2) is 54.7 Å². The standard InChI is InChI=1S/C20H19N3O3/c1-26-18-5-3-2-4-17(18)23-12-15(11-19(23)24)22-20(25)14-7-6-13-8-9-21-16(13)10-14/h2-10,15,21H,11-12H2,1H3,(H,22,25). The number of aromatic amines is 1. The molecular formula is C20H19N3O3. The molecule has 6 heteroatoms. The summed E-state index contributed by atoms with van der Waals surface area (Å²) in [4.78, 5) is 29.8. The minimum absolute atomic E-state index is 0.0281. The van der Waals surface area contributed by atoms with E-state index in [1.54, 1.807) is 18.1 Å². The van der Waals surface area contributed by atoms with Crippen LogP contribution in [0.4, 0.5) is 5.69 Å². The molecule has 132 valence electrons. The second-order valence-corrected chi connectivity index (χ2v) is 6.33. The van der Waals surface area contributed by atoms with Crippen molar-refractivity contribution in [2.24, 2.45) is 0 Å². The number of nitrogens with zero attached hydrogens (tertiary/aromatic N) is 1. The van der Waals surface area contributed by atoms with Crippen molar-refractivity contribution in [1.82, 2.24) is 10.3 Å². The smallest absolute Gasteiger partial charge is 0.251 e. The number of H-pyrrole nitrogens is 1. The number of nitrogens with one attached hydrogen (secondary N) is 2. The van der Waals surface area contributed by atoms with Crippen molar-refractivity contribution >= 4 is 28.4 Å². The number of aromatic nitrogens is 1. The van der Waals surface area contributed by atoms with Gasteiger partial charge in [0.15, 0.2) is 0 Å². The van der Waals surface area contributed by atoms with Gasteiger partial charge in [0.1, 0.15) is 5.75 Å². The van der Waals surface area contributed by atoms with Gasteiger partial charge in [-0.15, -0.1) is 0 Å². The number of carbonyl (C=O) groups excluding carboxylic acids is 2. The quantitative estimate of drug-likeness (QED) is 0.760. The van der Waals surface area contributed by atoms with Gasteiger partial charge in [-0.2, -0.15) is 0 Å². The molecular weight excluding hydrogens is 330 g/mol. The first-order valence-electron chi connectivity index (χ1n) is 8.47. The predicted octanol–water partition coefficient (Wildman–Crippen LogP) is 2.71. The van der Waals surface area contributed by atoms with E-state index < -0.39 is 0 Å². The van der Waals surface area contributed by atoms with E-state index in [2.05, 4.69) is 10.3 Å². The van der Waals surface area contributed by atoms with Crippen LogP contribution in [0.3, 0.4) is 0 Å². The Labute approximate surface area is 150 Å². The molecule has 3 aromatic rings. The highest BCUT2D eigenvalue weighted by Crippen LogP contribution is 2.31. The number of carbonyl (C=O) groups is 2. The minimum Gasteiger partial charge on any atom is -0.495 e. The monoisotopic (exact) mass is 349 g/mol. The van der Waals surface area contributed by atoms with Crippen molar-refractivity contribution in [3.05, 3.63) is 60.3 Å². The van der Waals surface area contributed by atoms with E-state index in [-0.39, 0.29) is 24.3 Å². The zero-order chi connectivity index (χ0) is 18.1. The molecule has 6 nitrogen and oxygen atoms in total. The number of ether oxygens (including phenoxy) is 1. The van der Waals surface area contributed by atoms with Gasteiger partial charge in [-0.1, -0.05) is 18.2 Å². The Morgan fingerprint density at radius 3 is 2.92 bits per heavy atom. The molecule has 0 spiro atoms. The van der Waals surface area contributed by atoms with E-state index in [0.29, 0.717) is 17.9 Å². The Morgan fingerprint density at radius 2 is 2.08 bits per heavy atom. The number of amides is 2. The van der Waals surface area contributed by atoms with Crippen LogP contribution in [-0.4, -0.2) is 36.5 Å². The molecule has 1 aliphatic rings. The van der Waals surface area contributed by atoms with Crippen LogP contribution >= 0.6 is 0 Å². The van der Waals surface area contributed by atoms with Crippen molar-refractivity contribution in [2.75, 3.05) is 18.6 Å². The molecule has 2 N–H and O–H groups in total. The first-order valence-corrected chi connectivity index (χ1v) is 8.47. The van der Waals surface area contributed by atoms with Crippen LogP contribution in [0, 0.1) is 0 Å². The topological polar surface area (TPSA) is 74.4 Å². The second kappa shape index (κ2) is 6.55. The Morgan fingerprint density at radius 1 is 1.23 bits per heavy atom. The molecule has 26 heavy (non-hydrogen) atoms. The van der Waals surface area contributed by atoms with Crippen LogP contribution < -0.4 is 15.0 Å². The van der Waals surface area contributed by atoms with Crippen LogP contribution in [0.5, 0.6) is 5.75 Å². The lowest BCUT2D eigenvalue weighted by Crippen LogP contribution is -2.37. The lowest BCUT2D eigenvalue weighted by atomic mass is 10.1.